The first-order valence-electron chi connectivity index (χ1n) is 7.94. The molecule has 0 spiro atoms. The Balaban J connectivity index is 3.16. The fourth-order valence-corrected chi connectivity index (χ4v) is 2.87. The van der Waals surface area contributed by atoms with E-state index in [9.17, 15) is 0 Å². The number of aryl methyl sites for hydroxylation is 1. The van der Waals surface area contributed by atoms with E-state index in [0.29, 0.717) is 0 Å². The van der Waals surface area contributed by atoms with Crippen molar-refractivity contribution in [3.05, 3.63) is 11.9 Å². The highest BCUT2D eigenvalue weighted by atomic mass is 16.5. The number of aromatic nitrogens is 3. The van der Waals surface area contributed by atoms with Gasteiger partial charge < -0.3 is 10.1 Å². The maximum Gasteiger partial charge on any atom is 0.0886 e. The molecular formula is C15H30N4O. The van der Waals surface area contributed by atoms with Gasteiger partial charge in [-0.05, 0) is 32.7 Å². The first-order chi connectivity index (χ1) is 9.68. The van der Waals surface area contributed by atoms with E-state index >= 15 is 0 Å². The zero-order chi connectivity index (χ0) is 15.0. The fraction of sp³-hybridized carbons (Fsp3) is 0.867. The molecule has 0 saturated carbocycles. The van der Waals surface area contributed by atoms with Crippen LogP contribution in [0.2, 0.25) is 0 Å². The molecule has 0 bridgehead atoms. The molecule has 5 heteroatoms. The molecule has 0 aliphatic heterocycles. The van der Waals surface area contributed by atoms with E-state index in [4.69, 9.17) is 4.74 Å². The Hall–Kier alpha value is -0.940. The summed E-state index contributed by atoms with van der Waals surface area (Å²) in [5.74, 6) is 0. The molecule has 1 rings (SSSR count). The van der Waals surface area contributed by atoms with E-state index in [1.807, 2.05) is 10.9 Å². The maximum absolute atomic E-state index is 6.17. The van der Waals surface area contributed by atoms with Crippen LogP contribution in [-0.2, 0) is 11.3 Å². The Kier molecular flexibility index (Phi) is 7.16. The van der Waals surface area contributed by atoms with Crippen LogP contribution in [0.4, 0.5) is 0 Å². The third-order valence-electron chi connectivity index (χ3n) is 3.94. The minimum absolute atomic E-state index is 0.129. The van der Waals surface area contributed by atoms with Crippen LogP contribution in [0.3, 0.4) is 0 Å². The Morgan fingerprint density at radius 1 is 1.25 bits per heavy atom. The van der Waals surface area contributed by atoms with Gasteiger partial charge in [-0.3, -0.25) is 0 Å². The van der Waals surface area contributed by atoms with Crippen LogP contribution >= 0.6 is 0 Å². The second-order valence-corrected chi connectivity index (χ2v) is 5.08. The average Bonchev–Trinajstić information content (AvgIpc) is 2.91. The van der Waals surface area contributed by atoms with Crippen molar-refractivity contribution in [3.8, 4) is 0 Å². The van der Waals surface area contributed by atoms with E-state index in [2.05, 4.69) is 50.2 Å². The number of hydrogen-bond acceptors (Lipinski definition) is 4. The van der Waals surface area contributed by atoms with Crippen molar-refractivity contribution >= 4 is 0 Å². The third kappa shape index (κ3) is 3.58. The Labute approximate surface area is 123 Å². The van der Waals surface area contributed by atoms with Gasteiger partial charge in [0.05, 0.1) is 23.5 Å². The highest BCUT2D eigenvalue weighted by molar-refractivity contribution is 5.10. The molecule has 0 saturated heterocycles. The molecule has 0 fully saturated rings. The smallest absolute Gasteiger partial charge is 0.0886 e. The van der Waals surface area contributed by atoms with E-state index in [1.54, 1.807) is 0 Å². The van der Waals surface area contributed by atoms with Gasteiger partial charge in [0, 0.05) is 13.2 Å². The van der Waals surface area contributed by atoms with Gasteiger partial charge in [0.1, 0.15) is 0 Å². The standard InChI is InChI=1S/C15H30N4O/c1-6-11-19-13(12-17-18-19)14(16-9-4)15(7-2,8-3)20-10-5/h12,14,16H,6-11H2,1-5H3. The zero-order valence-corrected chi connectivity index (χ0v) is 13.6. The summed E-state index contributed by atoms with van der Waals surface area (Å²) in [5.41, 5.74) is 0.934. The normalized spacial score (nSPS) is 13.7. The second-order valence-electron chi connectivity index (χ2n) is 5.08. The van der Waals surface area contributed by atoms with Crippen molar-refractivity contribution in [1.29, 1.82) is 0 Å². The van der Waals surface area contributed by atoms with E-state index < -0.39 is 0 Å². The molecule has 1 aromatic heterocycles. The van der Waals surface area contributed by atoms with Crippen LogP contribution in [0.15, 0.2) is 6.20 Å². The van der Waals surface area contributed by atoms with Crippen LogP contribution < -0.4 is 5.32 Å². The molecule has 5 nitrogen and oxygen atoms in total. The number of hydrogen-bond donors (Lipinski definition) is 1. The van der Waals surface area contributed by atoms with Crippen molar-refractivity contribution in [2.75, 3.05) is 13.2 Å². The van der Waals surface area contributed by atoms with Crippen LogP contribution in [0.5, 0.6) is 0 Å². The molecule has 1 unspecified atom stereocenters. The molecule has 0 amide bonds. The molecule has 0 aromatic carbocycles. The second kappa shape index (κ2) is 8.37. The monoisotopic (exact) mass is 282 g/mol. The van der Waals surface area contributed by atoms with Gasteiger partial charge in [-0.25, -0.2) is 4.68 Å². The van der Waals surface area contributed by atoms with Crippen LogP contribution in [0, 0.1) is 0 Å². The molecular weight excluding hydrogens is 252 g/mol. The minimum atomic E-state index is -0.196. The summed E-state index contributed by atoms with van der Waals surface area (Å²) in [6.07, 6.45) is 4.86. The summed E-state index contributed by atoms with van der Waals surface area (Å²) in [6, 6.07) is 0.129. The summed E-state index contributed by atoms with van der Waals surface area (Å²) in [5, 5.41) is 11.9. The van der Waals surface area contributed by atoms with Gasteiger partial charge in [0.25, 0.3) is 0 Å². The molecule has 0 aliphatic rings. The maximum atomic E-state index is 6.17. The summed E-state index contributed by atoms with van der Waals surface area (Å²) >= 11 is 0. The van der Waals surface area contributed by atoms with Crippen molar-refractivity contribution in [2.45, 2.75) is 72.1 Å². The molecule has 116 valence electrons. The van der Waals surface area contributed by atoms with Crippen molar-refractivity contribution in [1.82, 2.24) is 20.3 Å². The van der Waals surface area contributed by atoms with Crippen LogP contribution in [0.1, 0.15) is 65.6 Å². The highest BCUT2D eigenvalue weighted by Crippen LogP contribution is 2.35. The van der Waals surface area contributed by atoms with Crippen LogP contribution in [0.25, 0.3) is 0 Å². The van der Waals surface area contributed by atoms with Gasteiger partial charge in [0.2, 0.25) is 0 Å². The predicted molar refractivity (Wildman–Crippen MR) is 81.7 cm³/mol. The lowest BCUT2D eigenvalue weighted by Crippen LogP contribution is -2.46. The Morgan fingerprint density at radius 3 is 2.45 bits per heavy atom. The molecule has 20 heavy (non-hydrogen) atoms. The van der Waals surface area contributed by atoms with Crippen LogP contribution in [-0.4, -0.2) is 33.7 Å². The lowest BCUT2D eigenvalue weighted by molar-refractivity contribution is -0.0748. The molecule has 1 heterocycles. The lowest BCUT2D eigenvalue weighted by Gasteiger charge is -2.39. The minimum Gasteiger partial charge on any atom is -0.373 e. The number of rotatable bonds is 10. The highest BCUT2D eigenvalue weighted by Gasteiger charge is 2.39. The Bertz CT molecular complexity index is 374. The summed E-state index contributed by atoms with van der Waals surface area (Å²) in [6.45, 7) is 13.2. The molecule has 0 radical (unpaired) electrons. The summed E-state index contributed by atoms with van der Waals surface area (Å²) in [4.78, 5) is 0. The molecule has 1 N–H and O–H groups in total. The fourth-order valence-electron chi connectivity index (χ4n) is 2.87. The quantitative estimate of drug-likeness (QED) is 0.717. The van der Waals surface area contributed by atoms with Crippen molar-refractivity contribution in [2.24, 2.45) is 0 Å². The number of likely N-dealkylation sites (N-methyl/N-ethyl adjacent to an activating group) is 1. The van der Waals surface area contributed by atoms with E-state index in [1.165, 1.54) is 0 Å². The van der Waals surface area contributed by atoms with E-state index in [0.717, 1.165) is 44.7 Å². The largest absolute Gasteiger partial charge is 0.373 e. The zero-order valence-electron chi connectivity index (χ0n) is 13.6. The van der Waals surface area contributed by atoms with Crippen molar-refractivity contribution < 1.29 is 4.74 Å². The van der Waals surface area contributed by atoms with Gasteiger partial charge in [-0.15, -0.1) is 5.10 Å². The molecule has 0 aliphatic carbocycles. The van der Waals surface area contributed by atoms with Crippen molar-refractivity contribution in [3.63, 3.8) is 0 Å². The Morgan fingerprint density at radius 2 is 1.95 bits per heavy atom. The lowest BCUT2D eigenvalue weighted by atomic mass is 9.86. The first-order valence-corrected chi connectivity index (χ1v) is 7.94. The molecule has 1 atom stereocenters. The average molecular weight is 282 g/mol. The predicted octanol–water partition coefficient (Wildman–Crippen LogP) is 2.93. The summed E-state index contributed by atoms with van der Waals surface area (Å²) in [7, 11) is 0. The number of nitrogens with one attached hydrogen (secondary N) is 1. The van der Waals surface area contributed by atoms with Gasteiger partial charge in [-0.2, -0.15) is 0 Å². The number of ether oxygens (including phenoxy) is 1. The first kappa shape index (κ1) is 17.1. The number of nitrogens with zero attached hydrogens (tertiary/aromatic N) is 3. The van der Waals surface area contributed by atoms with Gasteiger partial charge in [0.15, 0.2) is 0 Å². The molecule has 1 aromatic rings. The SMILES string of the molecule is CCCn1nncc1C(NCC)C(CC)(CC)OCC. The summed E-state index contributed by atoms with van der Waals surface area (Å²) < 4.78 is 8.17. The van der Waals surface area contributed by atoms with E-state index in [-0.39, 0.29) is 11.6 Å². The topological polar surface area (TPSA) is 52.0 Å². The third-order valence-corrected chi connectivity index (χ3v) is 3.94. The van der Waals surface area contributed by atoms with Gasteiger partial charge >= 0.3 is 0 Å². The van der Waals surface area contributed by atoms with Gasteiger partial charge in [-0.1, -0.05) is 32.9 Å².